The Labute approximate surface area is 379 Å². The zero-order chi connectivity index (χ0) is 46.1. The van der Waals surface area contributed by atoms with Crippen LogP contribution in [0.1, 0.15) is 71.9 Å². The van der Waals surface area contributed by atoms with Crippen LogP contribution < -0.4 is 40.1 Å². The van der Waals surface area contributed by atoms with Crippen LogP contribution in [0.15, 0.2) is 77.1 Å². The predicted molar refractivity (Wildman–Crippen MR) is 232 cm³/mol. The molecule has 1 unspecified atom stereocenters. The Hall–Kier alpha value is -5.57. The number of aliphatic imine (C=N–C) groups is 1. The number of quaternary nitrogens is 1. The number of carbonyl (C=O) groups is 2. The van der Waals surface area contributed by atoms with E-state index < -0.39 is 78.5 Å². The molecule has 0 radical (unpaired) electrons. The third kappa shape index (κ3) is 7.30. The van der Waals surface area contributed by atoms with Gasteiger partial charge in [0, 0.05) is 51.9 Å². The molecule has 350 valence electrons. The van der Waals surface area contributed by atoms with Gasteiger partial charge in [-0.2, -0.15) is 0 Å². The molecule has 0 bridgehead atoms. The van der Waals surface area contributed by atoms with Crippen molar-refractivity contribution < 1.29 is 73.2 Å². The number of hydrogen-bond acceptors (Lipinski definition) is 16. The number of carbonyl (C=O) groups excluding carboxylic acids is 1. The Bertz CT molecular complexity index is 2490. The van der Waals surface area contributed by atoms with Gasteiger partial charge in [-0.05, 0) is 37.0 Å². The molecule has 2 fully saturated rings. The predicted octanol–water partition coefficient (Wildman–Crippen LogP) is 0.841. The summed E-state index contributed by atoms with van der Waals surface area (Å²) in [4.78, 5) is 29.7. The molecule has 3 aromatic carbocycles. The minimum absolute atomic E-state index is 0.00578. The van der Waals surface area contributed by atoms with Gasteiger partial charge in [-0.25, -0.2) is 0 Å². The fourth-order valence-corrected chi connectivity index (χ4v) is 11.5. The minimum Gasteiger partial charge on any atom is -0.493 e. The third-order valence-electron chi connectivity index (χ3n) is 14.5. The molecule has 1 spiro atoms. The first kappa shape index (κ1) is 44.3. The molecule has 0 amide bonds. The number of nitrogens with one attached hydrogen (secondary N) is 1. The second-order valence-corrected chi connectivity index (χ2v) is 18.3. The third-order valence-corrected chi connectivity index (χ3v) is 14.5. The number of aliphatic carboxylic acids is 1. The number of nitrogens with zero attached hydrogens (tertiary/aromatic N) is 1. The SMILES string of the molecule is COc1ccc2c(c1OCCO)O[C@H]1c3c(cc4c(c3C[NH+]3C=C5N=CC=C5C3)CC3(CCCC3)[C@]3(O)[C@H](O4)O[C@H]([C@H](OC(=O)CC(=O)O)C(N)N)[C@@H](O)[C@@H]3O)O[C@H](Cc3ccccc3)[C@@H]21. The largest absolute Gasteiger partial charge is 0.493 e. The van der Waals surface area contributed by atoms with Crippen LogP contribution >= 0.6 is 0 Å². The van der Waals surface area contributed by atoms with Crippen LogP contribution in [0.2, 0.25) is 0 Å². The first-order valence-electron chi connectivity index (χ1n) is 22.5. The number of aliphatic hydroxyl groups is 4. The summed E-state index contributed by atoms with van der Waals surface area (Å²) in [6.45, 7) is 0.835. The van der Waals surface area contributed by atoms with Gasteiger partial charge in [0.15, 0.2) is 23.2 Å². The van der Waals surface area contributed by atoms with Crippen LogP contribution in [-0.4, -0.2) is 119 Å². The molecule has 18 heteroatoms. The lowest BCUT2D eigenvalue weighted by Gasteiger charge is -2.55. The minimum atomic E-state index is -2.24. The lowest BCUT2D eigenvalue weighted by Crippen LogP contribution is -3.05. The lowest BCUT2D eigenvalue weighted by molar-refractivity contribution is -0.851. The number of methoxy groups -OCH3 is 1. The van der Waals surface area contributed by atoms with E-state index in [0.29, 0.717) is 73.9 Å². The number of hydrogen-bond donors (Lipinski definition) is 8. The number of carboxylic acid groups (broad SMARTS) is 1. The van der Waals surface area contributed by atoms with Crippen molar-refractivity contribution >= 4 is 18.2 Å². The van der Waals surface area contributed by atoms with Crippen LogP contribution in [0.25, 0.3) is 0 Å². The van der Waals surface area contributed by atoms with E-state index in [1.54, 1.807) is 19.4 Å². The molecule has 3 aromatic rings. The summed E-state index contributed by atoms with van der Waals surface area (Å²) in [7, 11) is 1.55. The second-order valence-electron chi connectivity index (χ2n) is 18.3. The first-order chi connectivity index (χ1) is 31.8. The van der Waals surface area contributed by atoms with Crippen molar-refractivity contribution in [3.8, 4) is 28.7 Å². The van der Waals surface area contributed by atoms with E-state index in [0.717, 1.165) is 44.0 Å². The van der Waals surface area contributed by atoms with E-state index in [4.69, 9.17) is 44.6 Å². The highest BCUT2D eigenvalue weighted by Gasteiger charge is 2.69. The molecule has 10 atom stereocenters. The average Bonchev–Trinajstić information content (AvgIpc) is 4.10. The van der Waals surface area contributed by atoms with Gasteiger partial charge in [0.1, 0.15) is 80.0 Å². The standard InChI is InChI=1S/C48H54N4O14/c1-60-30-10-9-26-36-32(17-24-7-3-2-4-8-24)62-33-18-31-27(28(22-52-21-25-11-14-51-29(25)23-52)37(33)41(36)65-39(26)40(30)61-16-15-53)20-47(12-5-6-13-47)48(59)44(58)38(57)42(66-46(48)63-31)43(45(49)50)64-35(56)19-34(54)55/h2-4,7-11,14,18,23,32,36,38,41-46,53,57-59H,5-6,12-13,15-17,19-22,49-50H2,1H3,(H,54,55)/p+1/t32-,36-,38-,41-,42+,43+,44+,46-,48-/m1/s1. The summed E-state index contributed by atoms with van der Waals surface area (Å²) in [5.74, 6) is -0.946. The maximum Gasteiger partial charge on any atom is 0.317 e. The monoisotopic (exact) mass is 911 g/mol. The van der Waals surface area contributed by atoms with Crippen molar-refractivity contribution in [1.82, 2.24) is 0 Å². The van der Waals surface area contributed by atoms with Gasteiger partial charge in [0.25, 0.3) is 0 Å². The summed E-state index contributed by atoms with van der Waals surface area (Å²) < 4.78 is 44.9. The molecule has 7 aliphatic rings. The summed E-state index contributed by atoms with van der Waals surface area (Å²) in [5.41, 5.74) is 15.0. The molecule has 6 aliphatic heterocycles. The lowest BCUT2D eigenvalue weighted by atomic mass is 9.61. The second kappa shape index (κ2) is 17.3. The van der Waals surface area contributed by atoms with Crippen LogP contribution in [0.4, 0.5) is 0 Å². The Morgan fingerprint density at radius 1 is 1.05 bits per heavy atom. The molecule has 1 aliphatic carbocycles. The summed E-state index contributed by atoms with van der Waals surface area (Å²) in [6, 6.07) is 15.6. The molecule has 18 nitrogen and oxygen atoms in total. The molecule has 10 N–H and O–H groups in total. The number of rotatable bonds is 13. The zero-order valence-electron chi connectivity index (χ0n) is 36.3. The number of ether oxygens (including phenoxy) is 7. The smallest absolute Gasteiger partial charge is 0.317 e. The Morgan fingerprint density at radius 3 is 2.55 bits per heavy atom. The number of carboxylic acids is 1. The van der Waals surface area contributed by atoms with Gasteiger partial charge in [-0.15, -0.1) is 0 Å². The van der Waals surface area contributed by atoms with E-state index in [2.05, 4.69) is 11.2 Å². The molecular formula is C48H55N4O14+. The van der Waals surface area contributed by atoms with Gasteiger partial charge in [0.2, 0.25) is 12.0 Å². The Balaban J connectivity index is 1.14. The molecule has 66 heavy (non-hydrogen) atoms. The maximum atomic E-state index is 13.2. The van der Waals surface area contributed by atoms with Crippen molar-refractivity contribution in [2.45, 2.75) is 112 Å². The fraction of sp³-hybridized carbons (Fsp3) is 0.479. The topological polar surface area (TPSA) is 269 Å². The number of nitrogens with two attached hydrogens (primary N) is 2. The van der Waals surface area contributed by atoms with Crippen LogP contribution in [-0.2, 0) is 38.4 Å². The van der Waals surface area contributed by atoms with Crippen molar-refractivity contribution in [1.29, 1.82) is 0 Å². The van der Waals surface area contributed by atoms with Gasteiger partial charge < -0.3 is 70.2 Å². The zero-order valence-corrected chi connectivity index (χ0v) is 36.3. The Kier molecular flexibility index (Phi) is 11.6. The normalized spacial score (nSPS) is 29.9. The van der Waals surface area contributed by atoms with Crippen molar-refractivity contribution in [2.24, 2.45) is 21.9 Å². The van der Waals surface area contributed by atoms with E-state index in [9.17, 15) is 35.1 Å². The number of esters is 1. The molecule has 1 saturated heterocycles. The highest BCUT2D eigenvalue weighted by molar-refractivity contribution is 5.90. The maximum absolute atomic E-state index is 13.2. The van der Waals surface area contributed by atoms with Crippen molar-refractivity contribution in [3.63, 3.8) is 0 Å². The summed E-state index contributed by atoms with van der Waals surface area (Å²) >= 11 is 0. The summed E-state index contributed by atoms with van der Waals surface area (Å²) in [6.07, 6.45) is -3.61. The molecule has 6 heterocycles. The van der Waals surface area contributed by atoms with Crippen LogP contribution in [0.5, 0.6) is 28.7 Å². The number of fused-ring (bicyclic) bond motifs is 9. The highest BCUT2D eigenvalue weighted by atomic mass is 16.7. The molecule has 0 aromatic heterocycles. The van der Waals surface area contributed by atoms with E-state index in [-0.39, 0.29) is 25.6 Å². The van der Waals surface area contributed by atoms with Crippen molar-refractivity contribution in [3.05, 3.63) is 99.9 Å². The van der Waals surface area contributed by atoms with Crippen LogP contribution in [0.3, 0.4) is 0 Å². The van der Waals surface area contributed by atoms with E-state index in [1.165, 1.54) is 0 Å². The number of aliphatic hydroxyl groups excluding tert-OH is 3. The number of benzene rings is 3. The van der Waals surface area contributed by atoms with Gasteiger partial charge in [-0.3, -0.25) is 19.5 Å². The molecular weight excluding hydrogens is 857 g/mol. The molecule has 10 rings (SSSR count). The quantitative estimate of drug-likeness (QED) is 0.0671. The fourth-order valence-electron chi connectivity index (χ4n) is 11.5. The molecule has 1 saturated carbocycles. The first-order valence-corrected chi connectivity index (χ1v) is 22.5. The van der Waals surface area contributed by atoms with Crippen molar-refractivity contribution in [2.75, 3.05) is 26.9 Å². The average molecular weight is 912 g/mol. The van der Waals surface area contributed by atoms with Gasteiger partial charge in [0.05, 0.1) is 25.8 Å². The Morgan fingerprint density at radius 2 is 1.83 bits per heavy atom. The highest BCUT2D eigenvalue weighted by Crippen LogP contribution is 2.63. The van der Waals surface area contributed by atoms with Crippen LogP contribution in [0, 0.1) is 5.41 Å². The number of allylic oxidation sites excluding steroid dienone is 1. The van der Waals surface area contributed by atoms with E-state index >= 15 is 0 Å². The van der Waals surface area contributed by atoms with Gasteiger partial charge in [-0.1, -0.05) is 49.2 Å². The van der Waals surface area contributed by atoms with E-state index in [1.807, 2.05) is 48.5 Å². The van der Waals surface area contributed by atoms with Gasteiger partial charge >= 0.3 is 11.9 Å². The summed E-state index contributed by atoms with van der Waals surface area (Å²) in [5, 5.41) is 56.4.